The van der Waals surface area contributed by atoms with Crippen molar-refractivity contribution < 1.29 is 77.5 Å². The lowest BCUT2D eigenvalue weighted by atomic mass is 9.82. The smallest absolute Gasteiger partial charge is 0.464 e. The molecule has 4 aromatic heterocycles. The molecule has 0 aliphatic heterocycles. The van der Waals surface area contributed by atoms with Crippen molar-refractivity contribution in [3.05, 3.63) is 213 Å². The summed E-state index contributed by atoms with van der Waals surface area (Å²) in [7, 11) is -14.2. The highest BCUT2D eigenvalue weighted by Gasteiger charge is 2.20. The highest BCUT2D eigenvalue weighted by atomic mass is 79.9. The van der Waals surface area contributed by atoms with E-state index in [-0.39, 0.29) is 43.7 Å². The standard InChI is InChI=1S/C17H16ClNO5S.C16H16ClNO4S.C14H12Cl2N2O3S.C9H10BrNO3S.C5H4BCl2NO2/c1-10-6-11(15(20)9-25(3,22)23)4-5-13(10)12-7-14(18)16(19-8-12)17(21)24-2;1-10-5-11(16(20)9-23(2,21)22)3-4-13(10)12-6-14(17)15(8-19)18-7-12;1-8-5-9(14(19)18-22(2,20)21)3-4-11(8)10-6-12(15)13(16)17-7-10;1-6-5-7(3-4-8(6)10)9(12)11-15(2,13)14;7-4-1-3(6(10)11)2-9-5(4)8/h4-8H,9H2,1-3H3;3-7,19H,8-9H2,1-2H3;3-7H,1-2H3,(H,18,19);3-5H,1-2H3,(H,11,12);1-2,10-11H. The molecule has 0 spiro atoms. The van der Waals surface area contributed by atoms with E-state index >= 15 is 0 Å². The highest BCUT2D eigenvalue weighted by molar-refractivity contribution is 9.10. The van der Waals surface area contributed by atoms with Gasteiger partial charge in [0.05, 0.1) is 52.0 Å². The van der Waals surface area contributed by atoms with Crippen molar-refractivity contribution >= 4 is 167 Å². The van der Waals surface area contributed by atoms with Crippen LogP contribution in [0.3, 0.4) is 0 Å². The van der Waals surface area contributed by atoms with Gasteiger partial charge in [-0.25, -0.2) is 62.9 Å². The van der Waals surface area contributed by atoms with Crippen molar-refractivity contribution in [3.63, 3.8) is 0 Å². The largest absolute Gasteiger partial charge is 0.490 e. The molecule has 0 saturated carbocycles. The van der Waals surface area contributed by atoms with E-state index in [9.17, 15) is 57.6 Å². The lowest BCUT2D eigenvalue weighted by molar-refractivity contribution is 0.0593. The van der Waals surface area contributed by atoms with E-state index in [2.05, 4.69) is 40.6 Å². The number of esters is 1. The zero-order valence-electron chi connectivity index (χ0n) is 51.9. The summed E-state index contributed by atoms with van der Waals surface area (Å²) in [5.41, 5.74) is 9.67. The predicted octanol–water partition coefficient (Wildman–Crippen LogP) is 9.72. The third kappa shape index (κ3) is 26.2. The molecule has 0 aliphatic carbocycles. The van der Waals surface area contributed by atoms with E-state index in [0.29, 0.717) is 38.0 Å². The molecule has 4 aromatic carbocycles. The van der Waals surface area contributed by atoms with Crippen LogP contribution in [0.1, 0.15) is 79.9 Å². The van der Waals surface area contributed by atoms with Crippen LogP contribution < -0.4 is 14.9 Å². The molecule has 8 aromatic rings. The Morgan fingerprint density at radius 3 is 1.21 bits per heavy atom. The first-order chi connectivity index (χ1) is 44.4. The average Bonchev–Trinajstić information content (AvgIpc) is 0.837. The molecule has 2 amide bonds. The molecule has 0 unspecified atom stereocenters. The number of nitrogens with zero attached hydrogens (tertiary/aromatic N) is 4. The summed E-state index contributed by atoms with van der Waals surface area (Å²) in [5.74, 6) is -3.87. The Hall–Kier alpha value is -6.81. The van der Waals surface area contributed by atoms with Gasteiger partial charge in [-0.15, -0.1) is 0 Å². The third-order valence-corrected chi connectivity index (χ3v) is 18.0. The van der Waals surface area contributed by atoms with Crippen LogP contribution in [0.2, 0.25) is 30.4 Å². The maximum Gasteiger partial charge on any atom is 0.490 e. The molecule has 0 bridgehead atoms. The fourth-order valence-electron chi connectivity index (χ4n) is 8.04. The monoisotopic (exact) mass is 1570 g/mol. The van der Waals surface area contributed by atoms with E-state index in [4.69, 9.17) is 84.8 Å². The lowest BCUT2D eigenvalue weighted by Gasteiger charge is -2.10. The van der Waals surface area contributed by atoms with Crippen molar-refractivity contribution in [3.8, 4) is 33.4 Å². The molecule has 0 radical (unpaired) electrons. The van der Waals surface area contributed by atoms with Crippen LogP contribution >= 0.6 is 85.5 Å². The number of aromatic nitrogens is 4. The van der Waals surface area contributed by atoms with Crippen LogP contribution in [0.5, 0.6) is 0 Å². The number of aryl methyl sites for hydroxylation is 4. The number of methoxy groups -OCH3 is 1. The summed E-state index contributed by atoms with van der Waals surface area (Å²) in [4.78, 5) is 74.4. The van der Waals surface area contributed by atoms with Gasteiger partial charge in [0.1, 0.15) is 21.8 Å². The molecular weight excluding hydrogens is 1520 g/mol. The van der Waals surface area contributed by atoms with Crippen molar-refractivity contribution in [2.24, 2.45) is 0 Å². The van der Waals surface area contributed by atoms with Gasteiger partial charge in [-0.1, -0.05) is 116 Å². The number of amides is 2. The molecule has 0 atom stereocenters. The van der Waals surface area contributed by atoms with Gasteiger partial charge in [0.15, 0.2) is 36.9 Å². The Morgan fingerprint density at radius 2 is 0.854 bits per heavy atom. The predicted molar refractivity (Wildman–Crippen MR) is 376 cm³/mol. The SMILES string of the molecule is COC(=O)c1ncc(-c2ccc(C(=O)CS(C)(=O)=O)cc2C)cc1Cl.Cc1cc(C(=O)CS(C)(=O)=O)ccc1-c1cnc(CO)c(Cl)c1.Cc1cc(C(=O)NS(C)(=O)=O)ccc1-c1cnc(Cl)c(Cl)c1.Cc1cc(C(=O)NS(C)(=O)=O)ccc1Br.OB(O)c1cnc(Cl)c(Cl)c1. The van der Waals surface area contributed by atoms with Gasteiger partial charge in [-0.05, 0) is 133 Å². The summed E-state index contributed by atoms with van der Waals surface area (Å²) >= 11 is 38.2. The fraction of sp³-hybridized carbons (Fsp3) is 0.197. The number of aliphatic hydroxyl groups is 1. The number of sulfonamides is 2. The number of nitrogens with one attached hydrogen (secondary N) is 2. The molecule has 8 rings (SSSR count). The first kappa shape index (κ1) is 81.6. The number of sulfone groups is 2. The maximum absolute atomic E-state index is 12.0. The molecule has 35 heteroatoms. The van der Waals surface area contributed by atoms with Gasteiger partial charge in [-0.2, -0.15) is 0 Å². The molecule has 0 fully saturated rings. The number of Topliss-reactive ketones (excluding diaryl/α,β-unsaturated/α-hetero) is 2. The summed E-state index contributed by atoms with van der Waals surface area (Å²) in [6.45, 7) is 6.99. The summed E-state index contributed by atoms with van der Waals surface area (Å²) in [6, 6.07) is 25.8. The van der Waals surface area contributed by atoms with Gasteiger partial charge in [-0.3, -0.25) is 24.2 Å². The summed E-state index contributed by atoms with van der Waals surface area (Å²) < 4.78 is 98.1. The maximum atomic E-state index is 12.0. The normalized spacial score (nSPS) is 11.1. The average molecular weight is 1580 g/mol. The molecule has 0 saturated heterocycles. The molecule has 0 aliphatic rings. The number of carbonyl (C=O) groups is 5. The van der Waals surface area contributed by atoms with Gasteiger partial charge < -0.3 is 19.9 Å². The van der Waals surface area contributed by atoms with Gasteiger partial charge in [0.2, 0.25) is 20.0 Å². The number of carbonyl (C=O) groups excluding carboxylic acids is 5. The Balaban J connectivity index is 0.000000261. The van der Waals surface area contributed by atoms with E-state index in [0.717, 1.165) is 79.6 Å². The quantitative estimate of drug-likeness (QED) is 0.0260. The number of pyridine rings is 4. The minimum atomic E-state index is -3.60. The van der Waals surface area contributed by atoms with Crippen molar-refractivity contribution in [2.75, 3.05) is 43.6 Å². The van der Waals surface area contributed by atoms with Crippen molar-refractivity contribution in [1.82, 2.24) is 29.4 Å². The number of benzene rings is 4. The summed E-state index contributed by atoms with van der Waals surface area (Å²) in [6.07, 6.45) is 9.82. The van der Waals surface area contributed by atoms with Gasteiger partial charge >= 0.3 is 13.1 Å². The second-order valence-electron chi connectivity index (χ2n) is 20.7. The number of ether oxygens (including phenoxy) is 1. The third-order valence-electron chi connectivity index (χ3n) is 12.5. The first-order valence-corrected chi connectivity index (χ1v) is 37.9. The molecular formula is C61H58BBrCl6N6O17S4. The van der Waals surface area contributed by atoms with E-state index in [1.807, 2.05) is 23.3 Å². The van der Waals surface area contributed by atoms with E-state index < -0.39 is 87.7 Å². The minimum absolute atomic E-state index is 0.0190. The zero-order chi connectivity index (χ0) is 72.5. The second-order valence-corrected chi connectivity index (χ2v) is 31.7. The number of rotatable bonds is 16. The Labute approximate surface area is 593 Å². The molecule has 510 valence electrons. The molecule has 23 nitrogen and oxygen atoms in total. The fourth-order valence-corrected chi connectivity index (χ4v) is 11.5. The first-order valence-electron chi connectivity index (χ1n) is 26.9. The minimum Gasteiger partial charge on any atom is -0.464 e. The van der Waals surface area contributed by atoms with Gasteiger partial charge in [0, 0.05) is 86.2 Å². The molecule has 96 heavy (non-hydrogen) atoms. The number of ketones is 2. The van der Waals surface area contributed by atoms with Crippen LogP contribution in [0.4, 0.5) is 0 Å². The van der Waals surface area contributed by atoms with Crippen LogP contribution in [0.25, 0.3) is 33.4 Å². The number of halogens is 7. The van der Waals surface area contributed by atoms with E-state index in [1.54, 1.807) is 111 Å². The number of hydrogen-bond acceptors (Lipinski definition) is 21. The summed E-state index contributed by atoms with van der Waals surface area (Å²) in [5, 5.41) is 27.8. The Bertz CT molecular complexity index is 4770. The lowest BCUT2D eigenvalue weighted by Crippen LogP contribution is -2.30. The Kier molecular flexibility index (Phi) is 30.3. The molecule has 4 heterocycles. The van der Waals surface area contributed by atoms with Crippen LogP contribution in [-0.2, 0) is 51.1 Å². The topological polar surface area (TPSA) is 367 Å². The van der Waals surface area contributed by atoms with Crippen LogP contribution in [0.15, 0.2) is 126 Å². The van der Waals surface area contributed by atoms with Crippen molar-refractivity contribution in [1.29, 1.82) is 0 Å². The second kappa shape index (κ2) is 35.6. The van der Waals surface area contributed by atoms with E-state index in [1.165, 1.54) is 31.6 Å². The highest BCUT2D eigenvalue weighted by Crippen LogP contribution is 2.32. The van der Waals surface area contributed by atoms with Crippen LogP contribution in [-0.4, -0.2) is 149 Å². The van der Waals surface area contributed by atoms with Crippen molar-refractivity contribution in [2.45, 2.75) is 34.3 Å². The Morgan fingerprint density at radius 1 is 0.490 bits per heavy atom. The molecule has 5 N–H and O–H groups in total. The number of aliphatic hydroxyl groups excluding tert-OH is 1. The zero-order valence-corrected chi connectivity index (χ0v) is 61.3. The van der Waals surface area contributed by atoms with Crippen LogP contribution in [0, 0.1) is 27.7 Å². The van der Waals surface area contributed by atoms with Gasteiger partial charge in [0.25, 0.3) is 11.8 Å². The number of hydrogen-bond donors (Lipinski definition) is 5.